The van der Waals surface area contributed by atoms with Gasteiger partial charge in [0, 0.05) is 23.7 Å². The first kappa shape index (κ1) is 26.2. The van der Waals surface area contributed by atoms with Gasteiger partial charge in [-0.05, 0) is 49.1 Å². The molecule has 0 aliphatic heterocycles. The summed E-state index contributed by atoms with van der Waals surface area (Å²) in [4.78, 5) is 29.1. The zero-order valence-corrected chi connectivity index (χ0v) is 22.2. The minimum atomic E-state index is -3.95. The summed E-state index contributed by atoms with van der Waals surface area (Å²) in [5.74, 6) is 0.801. The summed E-state index contributed by atoms with van der Waals surface area (Å²) in [5.41, 5.74) is 1.46. The number of hydrazone groups is 1. The minimum Gasteiger partial charge on any atom is -0.497 e. The van der Waals surface area contributed by atoms with Gasteiger partial charge in [-0.3, -0.25) is 14.2 Å². The number of Topliss-reactive ketones (excluding diaryl/α,β-unsaturated/α-hetero) is 1. The molecule has 0 atom stereocenters. The Balaban J connectivity index is 1.86. The molecule has 194 valence electrons. The maximum absolute atomic E-state index is 13.8. The van der Waals surface area contributed by atoms with E-state index in [1.165, 1.54) is 37.0 Å². The van der Waals surface area contributed by atoms with Crippen molar-refractivity contribution in [1.29, 1.82) is 0 Å². The molecule has 1 heterocycles. The number of rotatable bonds is 7. The van der Waals surface area contributed by atoms with Crippen molar-refractivity contribution < 1.29 is 22.7 Å². The largest absolute Gasteiger partial charge is 0.497 e. The summed E-state index contributed by atoms with van der Waals surface area (Å²) in [5, 5.41) is 3.84. The molecule has 0 saturated carbocycles. The van der Waals surface area contributed by atoms with Crippen molar-refractivity contribution in [2.45, 2.75) is 38.5 Å². The number of carbonyl (C=O) groups is 1. The Morgan fingerprint density at radius 1 is 1.00 bits per heavy atom. The lowest BCUT2D eigenvalue weighted by Crippen LogP contribution is -2.36. The first-order valence-electron chi connectivity index (χ1n) is 11.6. The van der Waals surface area contributed by atoms with Crippen LogP contribution in [0.2, 0.25) is 0 Å². The number of pyridine rings is 1. The van der Waals surface area contributed by atoms with Crippen LogP contribution in [0.3, 0.4) is 0 Å². The zero-order valence-electron chi connectivity index (χ0n) is 21.4. The van der Waals surface area contributed by atoms with Gasteiger partial charge in [0.05, 0.1) is 36.6 Å². The van der Waals surface area contributed by atoms with Crippen LogP contribution in [0.1, 0.15) is 47.4 Å². The van der Waals surface area contributed by atoms with E-state index in [1.807, 2.05) is 20.8 Å². The molecule has 4 rings (SSSR count). The number of aromatic nitrogens is 1. The van der Waals surface area contributed by atoms with Crippen molar-refractivity contribution in [3.63, 3.8) is 0 Å². The molecule has 37 heavy (non-hydrogen) atoms. The molecule has 10 heteroatoms. The number of ketones is 1. The van der Waals surface area contributed by atoms with Crippen LogP contribution < -0.4 is 19.9 Å². The predicted octanol–water partition coefficient (Wildman–Crippen LogP) is 3.63. The molecule has 3 aromatic rings. The van der Waals surface area contributed by atoms with E-state index in [2.05, 4.69) is 9.93 Å². The van der Waals surface area contributed by atoms with E-state index in [1.54, 1.807) is 30.3 Å². The van der Waals surface area contributed by atoms with Crippen LogP contribution in [0.15, 0.2) is 63.3 Å². The first-order valence-corrected chi connectivity index (χ1v) is 13.1. The topological polar surface area (TPSA) is 116 Å². The first-order chi connectivity index (χ1) is 17.5. The number of carbonyl (C=O) groups excluding carboxylic acids is 1. The van der Waals surface area contributed by atoms with Crippen LogP contribution in [0.4, 0.5) is 0 Å². The third-order valence-corrected chi connectivity index (χ3v) is 7.49. The summed E-state index contributed by atoms with van der Waals surface area (Å²) in [7, 11) is -0.943. The number of fused-ring (bicyclic) bond motifs is 1. The molecule has 0 unspecified atom stereocenters. The number of nitrogens with one attached hydrogen (secondary N) is 1. The number of ether oxygens (including phenoxy) is 2. The molecule has 1 N–H and O–H groups in total. The quantitative estimate of drug-likeness (QED) is 0.374. The Morgan fingerprint density at radius 2 is 1.70 bits per heavy atom. The van der Waals surface area contributed by atoms with E-state index in [4.69, 9.17) is 9.47 Å². The smallest absolute Gasteiger partial charge is 0.276 e. The summed E-state index contributed by atoms with van der Waals surface area (Å²) in [6, 6.07) is 12.8. The molecule has 1 aliphatic rings. The van der Waals surface area contributed by atoms with Crippen molar-refractivity contribution in [2.75, 3.05) is 14.2 Å². The van der Waals surface area contributed by atoms with Gasteiger partial charge in [-0.15, -0.1) is 0 Å². The Kier molecular flexibility index (Phi) is 6.96. The van der Waals surface area contributed by atoms with E-state index >= 15 is 0 Å². The molecule has 0 bridgehead atoms. The zero-order chi connectivity index (χ0) is 27.0. The summed E-state index contributed by atoms with van der Waals surface area (Å²) < 4.78 is 37.6. The van der Waals surface area contributed by atoms with Crippen LogP contribution in [-0.4, -0.2) is 39.2 Å². The molecule has 1 aromatic heterocycles. The molecule has 0 radical (unpaired) electrons. The lowest BCUT2D eigenvalue weighted by Gasteiger charge is -2.32. The molecule has 1 aliphatic carbocycles. The van der Waals surface area contributed by atoms with Gasteiger partial charge in [-0.1, -0.05) is 31.5 Å². The fourth-order valence-electron chi connectivity index (χ4n) is 4.39. The van der Waals surface area contributed by atoms with E-state index in [0.29, 0.717) is 41.3 Å². The second-order valence-electron chi connectivity index (χ2n) is 9.75. The number of aryl methyl sites for hydroxylation is 1. The van der Waals surface area contributed by atoms with Crippen LogP contribution >= 0.6 is 0 Å². The standard InChI is InChI=1S/C27H29N3O6S/c1-17-6-9-20(10-7-17)37(33,34)29-28-16-18-12-21-23(14-27(2,3)15-24(21)31)30(26(18)32)22-13-19(35-4)8-11-25(22)36-5/h6-13,16,29H,14-15H2,1-5H3/b28-16+. The van der Waals surface area contributed by atoms with E-state index in [0.717, 1.165) is 11.8 Å². The second-order valence-corrected chi connectivity index (χ2v) is 11.4. The molecule has 9 nitrogen and oxygen atoms in total. The number of sulfonamides is 1. The number of nitrogens with zero attached hydrogens (tertiary/aromatic N) is 2. The minimum absolute atomic E-state index is 0.0385. The molecule has 0 amide bonds. The molecule has 0 spiro atoms. The Hall–Kier alpha value is -3.92. The normalized spacial score (nSPS) is 14.9. The highest BCUT2D eigenvalue weighted by Crippen LogP contribution is 2.37. The summed E-state index contributed by atoms with van der Waals surface area (Å²) >= 11 is 0. The van der Waals surface area contributed by atoms with Gasteiger partial charge in [0.25, 0.3) is 15.6 Å². The van der Waals surface area contributed by atoms with Crippen LogP contribution in [0, 0.1) is 12.3 Å². The Bertz CT molecular complexity index is 1550. The van der Waals surface area contributed by atoms with Crippen LogP contribution in [0.5, 0.6) is 11.5 Å². The van der Waals surface area contributed by atoms with E-state index < -0.39 is 15.6 Å². The van der Waals surface area contributed by atoms with Gasteiger partial charge in [0.15, 0.2) is 5.78 Å². The van der Waals surface area contributed by atoms with Gasteiger partial charge in [-0.2, -0.15) is 13.5 Å². The second kappa shape index (κ2) is 9.85. The fourth-order valence-corrected chi connectivity index (χ4v) is 5.18. The van der Waals surface area contributed by atoms with E-state index in [-0.39, 0.29) is 21.7 Å². The van der Waals surface area contributed by atoms with Crippen molar-refractivity contribution in [3.05, 3.63) is 81.3 Å². The van der Waals surface area contributed by atoms with Crippen LogP contribution in [0.25, 0.3) is 5.69 Å². The third-order valence-electron chi connectivity index (χ3n) is 6.25. The van der Waals surface area contributed by atoms with Gasteiger partial charge in [0.1, 0.15) is 11.5 Å². The van der Waals surface area contributed by atoms with Gasteiger partial charge >= 0.3 is 0 Å². The average molecular weight is 524 g/mol. The predicted molar refractivity (Wildman–Crippen MR) is 141 cm³/mol. The fraction of sp³-hybridized carbons (Fsp3) is 0.296. The molecule has 2 aromatic carbocycles. The number of benzene rings is 2. The lowest BCUT2D eigenvalue weighted by atomic mass is 9.75. The monoisotopic (exact) mass is 523 g/mol. The van der Waals surface area contributed by atoms with Crippen LogP contribution in [-0.2, 0) is 16.4 Å². The van der Waals surface area contributed by atoms with E-state index in [9.17, 15) is 18.0 Å². The molecule has 0 fully saturated rings. The van der Waals surface area contributed by atoms with Gasteiger partial charge in [0.2, 0.25) is 0 Å². The molecule has 0 saturated heterocycles. The summed E-state index contributed by atoms with van der Waals surface area (Å²) in [6.45, 7) is 5.80. The maximum atomic E-state index is 13.8. The highest BCUT2D eigenvalue weighted by atomic mass is 32.2. The molecular weight excluding hydrogens is 494 g/mol. The third kappa shape index (κ3) is 5.29. The Labute approximate surface area is 215 Å². The highest BCUT2D eigenvalue weighted by molar-refractivity contribution is 7.89. The average Bonchev–Trinajstić information content (AvgIpc) is 2.84. The number of hydrogen-bond donors (Lipinski definition) is 1. The van der Waals surface area contributed by atoms with Crippen molar-refractivity contribution in [3.8, 4) is 17.2 Å². The SMILES string of the molecule is COc1ccc(OC)c(-n2c3c(cc(/C=N/NS(=O)(=O)c4ccc(C)cc4)c2=O)C(=O)CC(C)(C)C3)c1. The number of methoxy groups -OCH3 is 2. The van der Waals surface area contributed by atoms with Gasteiger partial charge < -0.3 is 9.47 Å². The van der Waals surface area contributed by atoms with Crippen molar-refractivity contribution in [1.82, 2.24) is 9.40 Å². The maximum Gasteiger partial charge on any atom is 0.276 e. The lowest BCUT2D eigenvalue weighted by molar-refractivity contribution is 0.0908. The Morgan fingerprint density at radius 3 is 2.35 bits per heavy atom. The summed E-state index contributed by atoms with van der Waals surface area (Å²) in [6.07, 6.45) is 1.90. The van der Waals surface area contributed by atoms with Gasteiger partial charge in [-0.25, -0.2) is 4.83 Å². The number of hydrogen-bond acceptors (Lipinski definition) is 7. The van der Waals surface area contributed by atoms with Crippen molar-refractivity contribution >= 4 is 22.0 Å². The molecular formula is C27H29N3O6S. The highest BCUT2D eigenvalue weighted by Gasteiger charge is 2.34. The van der Waals surface area contributed by atoms with Crippen molar-refractivity contribution in [2.24, 2.45) is 10.5 Å².